The Balaban J connectivity index is 1.77. The molecule has 0 unspecified atom stereocenters. The molecule has 2 amide bonds. The number of amides is 2. The predicted octanol–water partition coefficient (Wildman–Crippen LogP) is 2.11. The first-order valence-corrected chi connectivity index (χ1v) is 10.8. The number of hydrogen-bond acceptors (Lipinski definition) is 5. The fraction of sp³-hybridized carbons (Fsp3) is 0.222. The summed E-state index contributed by atoms with van der Waals surface area (Å²) in [6.45, 7) is 3.87. The Morgan fingerprint density at radius 1 is 1.15 bits per heavy atom. The van der Waals surface area contributed by atoms with Gasteiger partial charge >= 0.3 is 0 Å². The molecule has 7 nitrogen and oxygen atoms in total. The smallest absolute Gasteiger partial charge is 0.252 e. The van der Waals surface area contributed by atoms with Crippen LogP contribution in [0.5, 0.6) is 0 Å². The molecule has 1 heterocycles. The van der Waals surface area contributed by atoms with E-state index < -0.39 is 10.0 Å². The highest BCUT2D eigenvalue weighted by atomic mass is 32.2. The molecule has 0 aliphatic carbocycles. The van der Waals surface area contributed by atoms with E-state index in [1.165, 1.54) is 17.4 Å². The molecule has 0 fully saturated rings. The Labute approximate surface area is 162 Å². The molecule has 144 valence electrons. The van der Waals surface area contributed by atoms with Gasteiger partial charge in [-0.05, 0) is 29.1 Å². The minimum atomic E-state index is -3.42. The third-order valence-electron chi connectivity index (χ3n) is 3.46. The molecule has 27 heavy (non-hydrogen) atoms. The number of anilines is 1. The fourth-order valence-corrected chi connectivity index (χ4v) is 3.89. The molecule has 0 aliphatic rings. The lowest BCUT2D eigenvalue weighted by atomic mass is 10.2. The molecule has 0 atom stereocenters. The van der Waals surface area contributed by atoms with Gasteiger partial charge in [0.25, 0.3) is 5.91 Å². The van der Waals surface area contributed by atoms with E-state index in [-0.39, 0.29) is 37.1 Å². The van der Waals surface area contributed by atoms with E-state index in [1.807, 2.05) is 5.38 Å². The molecular weight excluding hydrogens is 386 g/mol. The number of hydrogen-bond donors (Lipinski definition) is 3. The number of sulfonamides is 1. The predicted molar refractivity (Wildman–Crippen MR) is 107 cm³/mol. The van der Waals surface area contributed by atoms with Crippen LogP contribution in [0, 0.1) is 0 Å². The second-order valence-corrected chi connectivity index (χ2v) is 8.25. The van der Waals surface area contributed by atoms with Crippen LogP contribution in [-0.2, 0) is 20.6 Å². The minimum Gasteiger partial charge on any atom is -0.351 e. The fourth-order valence-electron chi connectivity index (χ4n) is 2.15. The van der Waals surface area contributed by atoms with Crippen molar-refractivity contribution < 1.29 is 18.0 Å². The highest BCUT2D eigenvalue weighted by Gasteiger charge is 2.11. The molecule has 0 saturated carbocycles. The van der Waals surface area contributed by atoms with Crippen LogP contribution < -0.4 is 15.4 Å². The maximum atomic E-state index is 11.9. The normalized spacial score (nSPS) is 11.0. The summed E-state index contributed by atoms with van der Waals surface area (Å²) in [5.41, 5.74) is 1.74. The van der Waals surface area contributed by atoms with Crippen LogP contribution >= 0.6 is 11.3 Å². The molecule has 3 N–H and O–H groups in total. The SMILES string of the molecule is C=CCNS(=O)(=O)Cc1ccc(NC(=O)CCNC(=O)c2ccsc2)cc1. The van der Waals surface area contributed by atoms with Crippen LogP contribution in [0.2, 0.25) is 0 Å². The van der Waals surface area contributed by atoms with Gasteiger partial charge in [-0.25, -0.2) is 13.1 Å². The van der Waals surface area contributed by atoms with Crippen molar-refractivity contribution in [1.29, 1.82) is 0 Å². The monoisotopic (exact) mass is 407 g/mol. The largest absolute Gasteiger partial charge is 0.351 e. The molecule has 0 radical (unpaired) electrons. The lowest BCUT2D eigenvalue weighted by Gasteiger charge is -2.08. The van der Waals surface area contributed by atoms with Gasteiger partial charge in [-0.3, -0.25) is 9.59 Å². The van der Waals surface area contributed by atoms with Gasteiger partial charge in [0.05, 0.1) is 5.75 Å². The molecule has 1 aromatic carbocycles. The first kappa shape index (κ1) is 20.8. The zero-order chi connectivity index (χ0) is 19.7. The molecule has 2 aromatic rings. The third-order valence-corrected chi connectivity index (χ3v) is 5.47. The van der Waals surface area contributed by atoms with Crippen molar-refractivity contribution in [3.8, 4) is 0 Å². The summed E-state index contributed by atoms with van der Waals surface area (Å²) < 4.78 is 26.0. The van der Waals surface area contributed by atoms with Crippen molar-refractivity contribution >= 4 is 38.9 Å². The van der Waals surface area contributed by atoms with Gasteiger partial charge in [0, 0.05) is 36.1 Å². The molecule has 0 aliphatic heterocycles. The van der Waals surface area contributed by atoms with Crippen LogP contribution in [0.4, 0.5) is 5.69 Å². The van der Waals surface area contributed by atoms with Gasteiger partial charge in [-0.1, -0.05) is 18.2 Å². The van der Waals surface area contributed by atoms with Gasteiger partial charge in [0.1, 0.15) is 0 Å². The Bertz CT molecular complexity index is 876. The quantitative estimate of drug-likeness (QED) is 0.525. The van der Waals surface area contributed by atoms with Crippen molar-refractivity contribution in [1.82, 2.24) is 10.0 Å². The first-order chi connectivity index (χ1) is 12.9. The Morgan fingerprint density at radius 3 is 2.52 bits per heavy atom. The van der Waals surface area contributed by atoms with E-state index in [2.05, 4.69) is 21.9 Å². The third kappa shape index (κ3) is 7.33. The topological polar surface area (TPSA) is 104 Å². The number of benzene rings is 1. The van der Waals surface area contributed by atoms with Crippen LogP contribution in [0.15, 0.2) is 53.7 Å². The average Bonchev–Trinajstić information content (AvgIpc) is 3.16. The molecule has 0 spiro atoms. The lowest BCUT2D eigenvalue weighted by molar-refractivity contribution is -0.116. The maximum absolute atomic E-state index is 11.9. The van der Waals surface area contributed by atoms with Gasteiger partial charge in [-0.15, -0.1) is 6.58 Å². The number of thiophene rings is 1. The maximum Gasteiger partial charge on any atom is 0.252 e. The van der Waals surface area contributed by atoms with Gasteiger partial charge in [0.15, 0.2) is 0 Å². The standard InChI is InChI=1S/C18H21N3O4S2/c1-2-9-20-27(24,25)13-14-3-5-16(6-4-14)21-17(22)7-10-19-18(23)15-8-11-26-12-15/h2-6,8,11-12,20H,1,7,9-10,13H2,(H,19,23)(H,21,22). The van der Waals surface area contributed by atoms with Gasteiger partial charge in [-0.2, -0.15) is 11.3 Å². The van der Waals surface area contributed by atoms with E-state index in [9.17, 15) is 18.0 Å². The number of carbonyl (C=O) groups excluding carboxylic acids is 2. The van der Waals surface area contributed by atoms with Crippen molar-refractivity contribution in [3.63, 3.8) is 0 Å². The zero-order valence-corrected chi connectivity index (χ0v) is 16.2. The Morgan fingerprint density at radius 2 is 1.89 bits per heavy atom. The van der Waals surface area contributed by atoms with Crippen LogP contribution in [0.1, 0.15) is 22.3 Å². The van der Waals surface area contributed by atoms with Crippen molar-refractivity contribution in [2.24, 2.45) is 0 Å². The summed E-state index contributed by atoms with van der Waals surface area (Å²) in [5.74, 6) is -0.600. The van der Waals surface area contributed by atoms with E-state index in [4.69, 9.17) is 0 Å². The van der Waals surface area contributed by atoms with Crippen molar-refractivity contribution in [2.45, 2.75) is 12.2 Å². The molecule has 2 rings (SSSR count). The number of carbonyl (C=O) groups is 2. The van der Waals surface area contributed by atoms with Gasteiger partial charge in [0.2, 0.25) is 15.9 Å². The summed E-state index contributed by atoms with van der Waals surface area (Å²) in [6, 6.07) is 8.28. The summed E-state index contributed by atoms with van der Waals surface area (Å²) in [5, 5.41) is 8.94. The minimum absolute atomic E-state index is 0.136. The van der Waals surface area contributed by atoms with Crippen molar-refractivity contribution in [3.05, 3.63) is 64.9 Å². The summed E-state index contributed by atoms with van der Waals surface area (Å²) >= 11 is 1.43. The van der Waals surface area contributed by atoms with E-state index in [1.54, 1.807) is 35.7 Å². The molecule has 0 saturated heterocycles. The van der Waals surface area contributed by atoms with Crippen LogP contribution in [-0.4, -0.2) is 33.3 Å². The van der Waals surface area contributed by atoms with E-state index >= 15 is 0 Å². The summed E-state index contributed by atoms with van der Waals surface area (Å²) in [6.07, 6.45) is 1.61. The molecule has 0 bridgehead atoms. The van der Waals surface area contributed by atoms with Crippen molar-refractivity contribution in [2.75, 3.05) is 18.4 Å². The summed E-state index contributed by atoms with van der Waals surface area (Å²) in [7, 11) is -3.42. The number of nitrogens with one attached hydrogen (secondary N) is 3. The zero-order valence-electron chi connectivity index (χ0n) is 14.6. The van der Waals surface area contributed by atoms with Gasteiger partial charge < -0.3 is 10.6 Å². The number of rotatable bonds is 10. The molecular formula is C18H21N3O4S2. The second-order valence-electron chi connectivity index (χ2n) is 5.66. The Kier molecular flexibility index (Phi) is 7.71. The van der Waals surface area contributed by atoms with E-state index in [0.717, 1.165) is 0 Å². The van der Waals surface area contributed by atoms with Crippen LogP contribution in [0.3, 0.4) is 0 Å². The summed E-state index contributed by atoms with van der Waals surface area (Å²) in [4.78, 5) is 23.7. The highest BCUT2D eigenvalue weighted by Crippen LogP contribution is 2.12. The highest BCUT2D eigenvalue weighted by molar-refractivity contribution is 7.88. The van der Waals surface area contributed by atoms with Crippen LogP contribution in [0.25, 0.3) is 0 Å². The molecule has 9 heteroatoms. The first-order valence-electron chi connectivity index (χ1n) is 8.17. The lowest BCUT2D eigenvalue weighted by Crippen LogP contribution is -2.27. The van der Waals surface area contributed by atoms with E-state index in [0.29, 0.717) is 16.8 Å². The molecule has 1 aromatic heterocycles. The Hall–Kier alpha value is -2.49. The second kappa shape index (κ2) is 10.0. The average molecular weight is 408 g/mol.